The maximum Gasteiger partial charge on any atom is 0.320 e. The van der Waals surface area contributed by atoms with E-state index in [2.05, 4.69) is 15.5 Å². The van der Waals surface area contributed by atoms with Gasteiger partial charge >= 0.3 is 6.03 Å². The lowest BCUT2D eigenvalue weighted by molar-refractivity contribution is -0.129. The second-order valence-corrected chi connectivity index (χ2v) is 10.7. The molecule has 0 aliphatic carbocycles. The van der Waals surface area contributed by atoms with Gasteiger partial charge in [0.25, 0.3) is 0 Å². The van der Waals surface area contributed by atoms with Crippen molar-refractivity contribution in [1.29, 1.82) is 0 Å². The number of benzene rings is 2. The van der Waals surface area contributed by atoms with Crippen molar-refractivity contribution in [3.63, 3.8) is 0 Å². The summed E-state index contributed by atoms with van der Waals surface area (Å²) in [5.74, 6) is -1.56. The molecule has 0 bridgehead atoms. The Kier molecular flexibility index (Phi) is 8.65. The maximum absolute atomic E-state index is 14.1. The van der Waals surface area contributed by atoms with Crippen molar-refractivity contribution in [2.24, 2.45) is 0 Å². The Morgan fingerprint density at radius 3 is 2.59 bits per heavy atom. The third kappa shape index (κ3) is 6.11. The number of ether oxygens (including phenoxy) is 1. The first-order chi connectivity index (χ1) is 19.8. The zero-order valence-corrected chi connectivity index (χ0v) is 23.6. The number of nitrogens with one attached hydrogen (secondary N) is 2. The smallest absolute Gasteiger partial charge is 0.320 e. The van der Waals surface area contributed by atoms with Crippen molar-refractivity contribution in [3.8, 4) is 5.69 Å². The summed E-state index contributed by atoms with van der Waals surface area (Å²) in [4.78, 5) is 29.8. The van der Waals surface area contributed by atoms with E-state index in [-0.39, 0.29) is 23.9 Å². The minimum atomic E-state index is -0.914. The summed E-state index contributed by atoms with van der Waals surface area (Å²) in [6.07, 6.45) is 1.69. The molecule has 5 rings (SSSR count). The van der Waals surface area contributed by atoms with E-state index < -0.39 is 17.7 Å². The number of urea groups is 1. The zero-order chi connectivity index (χ0) is 29.1. The van der Waals surface area contributed by atoms with Crippen LogP contribution in [0.5, 0.6) is 0 Å². The number of rotatable bonds is 8. The Labute approximate surface area is 238 Å². The summed E-state index contributed by atoms with van der Waals surface area (Å²) >= 11 is 0. The second kappa shape index (κ2) is 12.4. The molecule has 3 unspecified atom stereocenters. The van der Waals surface area contributed by atoms with Gasteiger partial charge in [-0.3, -0.25) is 15.0 Å². The summed E-state index contributed by atoms with van der Waals surface area (Å²) in [6.45, 7) is 6.39. The van der Waals surface area contributed by atoms with Gasteiger partial charge in [-0.1, -0.05) is 24.3 Å². The molecule has 2 aromatic carbocycles. The average molecular weight is 567 g/mol. The Hall–Kier alpha value is -3.83. The molecule has 3 amide bonds. The molecule has 0 radical (unpaired) electrons. The first kappa shape index (κ1) is 28.7. The van der Waals surface area contributed by atoms with E-state index in [1.165, 1.54) is 6.07 Å². The normalized spacial score (nSPS) is 20.9. The van der Waals surface area contributed by atoms with E-state index >= 15 is 0 Å². The fourth-order valence-corrected chi connectivity index (χ4v) is 5.99. The highest BCUT2D eigenvalue weighted by atomic mass is 19.2. The molecule has 2 aliphatic heterocycles. The molecule has 3 heterocycles. The van der Waals surface area contributed by atoms with Crippen molar-refractivity contribution >= 4 is 17.8 Å². The standard InChI is InChI=1S/C30H36F2N6O3/c1-19-28(27-10-7-13-37(27)20(2)39)35-38(22-8-5-4-6-9-22)29(19)34-30(40)33-26-18-36(14-15-41-3)17-23(26)21-11-12-24(31)25(32)16-21/h4-6,8-9,11-12,16,23,26-27H,7,10,13-15,17-18H2,1-3H3,(H2,33,34,40). The number of nitrogens with zero attached hydrogens (tertiary/aromatic N) is 4. The summed E-state index contributed by atoms with van der Waals surface area (Å²) in [5.41, 5.74) is 2.93. The van der Waals surface area contributed by atoms with E-state index in [9.17, 15) is 18.4 Å². The van der Waals surface area contributed by atoms with E-state index in [0.29, 0.717) is 44.2 Å². The largest absolute Gasteiger partial charge is 0.383 e. The molecule has 2 fully saturated rings. The lowest BCUT2D eigenvalue weighted by Crippen LogP contribution is -2.42. The lowest BCUT2D eigenvalue weighted by Gasteiger charge is -2.22. The summed E-state index contributed by atoms with van der Waals surface area (Å²) in [5, 5.41) is 11.0. The van der Waals surface area contributed by atoms with Crippen LogP contribution in [0.15, 0.2) is 48.5 Å². The van der Waals surface area contributed by atoms with Crippen LogP contribution in [0, 0.1) is 18.6 Å². The number of likely N-dealkylation sites (tertiary alicyclic amines) is 2. The van der Waals surface area contributed by atoms with Gasteiger partial charge in [0.2, 0.25) is 5.91 Å². The van der Waals surface area contributed by atoms with Crippen LogP contribution in [-0.2, 0) is 9.53 Å². The Morgan fingerprint density at radius 2 is 1.88 bits per heavy atom. The van der Waals surface area contributed by atoms with Gasteiger partial charge in [0.1, 0.15) is 5.82 Å². The third-order valence-electron chi connectivity index (χ3n) is 8.06. The van der Waals surface area contributed by atoms with Crippen molar-refractivity contribution in [1.82, 2.24) is 24.9 Å². The van der Waals surface area contributed by atoms with Crippen LogP contribution in [0.4, 0.5) is 19.4 Å². The van der Waals surface area contributed by atoms with Crippen LogP contribution in [-0.4, -0.2) is 77.5 Å². The number of para-hydroxylation sites is 1. The highest BCUT2D eigenvalue weighted by Crippen LogP contribution is 2.36. The van der Waals surface area contributed by atoms with E-state index in [1.807, 2.05) is 42.2 Å². The predicted octanol–water partition coefficient (Wildman–Crippen LogP) is 4.38. The van der Waals surface area contributed by atoms with E-state index in [4.69, 9.17) is 9.84 Å². The molecule has 1 aromatic heterocycles. The molecule has 3 atom stereocenters. The summed E-state index contributed by atoms with van der Waals surface area (Å²) in [7, 11) is 1.62. The van der Waals surface area contributed by atoms with E-state index in [1.54, 1.807) is 24.8 Å². The molecule has 9 nitrogen and oxygen atoms in total. The average Bonchev–Trinajstić information content (AvgIpc) is 3.68. The molecule has 2 N–H and O–H groups in total. The summed E-state index contributed by atoms with van der Waals surface area (Å²) < 4.78 is 34.7. The lowest BCUT2D eigenvalue weighted by atomic mass is 9.94. The number of carbonyl (C=O) groups is 2. The van der Waals surface area contributed by atoms with Gasteiger partial charge in [-0.25, -0.2) is 18.3 Å². The summed E-state index contributed by atoms with van der Waals surface area (Å²) in [6, 6.07) is 12.4. The topological polar surface area (TPSA) is 91.7 Å². The quantitative estimate of drug-likeness (QED) is 0.423. The first-order valence-electron chi connectivity index (χ1n) is 13.9. The molecule has 2 saturated heterocycles. The molecular weight excluding hydrogens is 530 g/mol. The Bertz CT molecular complexity index is 1400. The van der Waals surface area contributed by atoms with Crippen molar-refractivity contribution < 1.29 is 23.1 Å². The van der Waals surface area contributed by atoms with Gasteiger partial charge in [-0.05, 0) is 49.6 Å². The number of methoxy groups -OCH3 is 1. The molecule has 2 aliphatic rings. The van der Waals surface area contributed by atoms with Crippen LogP contribution >= 0.6 is 0 Å². The van der Waals surface area contributed by atoms with Crippen molar-refractivity contribution in [2.75, 3.05) is 45.2 Å². The number of carbonyl (C=O) groups excluding carboxylic acids is 2. The van der Waals surface area contributed by atoms with Gasteiger partial charge in [-0.15, -0.1) is 0 Å². The number of amides is 3. The highest BCUT2D eigenvalue weighted by molar-refractivity contribution is 5.90. The zero-order valence-electron chi connectivity index (χ0n) is 23.6. The van der Waals surface area contributed by atoms with Gasteiger partial charge in [0, 0.05) is 51.7 Å². The van der Waals surface area contributed by atoms with Crippen molar-refractivity contribution in [3.05, 3.63) is 77.0 Å². The van der Waals surface area contributed by atoms with Crippen LogP contribution in [0.3, 0.4) is 0 Å². The predicted molar refractivity (Wildman–Crippen MR) is 151 cm³/mol. The molecule has 0 spiro atoms. The number of halogens is 2. The van der Waals surface area contributed by atoms with Gasteiger partial charge < -0.3 is 15.0 Å². The molecule has 3 aromatic rings. The Morgan fingerprint density at radius 1 is 1.10 bits per heavy atom. The first-order valence-corrected chi connectivity index (χ1v) is 13.9. The van der Waals surface area contributed by atoms with Gasteiger partial charge in [-0.2, -0.15) is 5.10 Å². The maximum atomic E-state index is 14.1. The van der Waals surface area contributed by atoms with E-state index in [0.717, 1.165) is 35.9 Å². The minimum Gasteiger partial charge on any atom is -0.383 e. The monoisotopic (exact) mass is 566 g/mol. The number of hydrogen-bond acceptors (Lipinski definition) is 5. The fraction of sp³-hybridized carbons (Fsp3) is 0.433. The Balaban J connectivity index is 1.42. The minimum absolute atomic E-state index is 0.00375. The molecule has 0 saturated carbocycles. The SMILES string of the molecule is COCCN1CC(NC(=O)Nc2c(C)c(C3CCCN3C(C)=O)nn2-c2ccccc2)C(c2ccc(F)c(F)c2)C1. The fourth-order valence-electron chi connectivity index (χ4n) is 5.99. The molecule has 41 heavy (non-hydrogen) atoms. The number of aromatic nitrogens is 2. The van der Waals surface area contributed by atoms with Gasteiger partial charge in [0.15, 0.2) is 11.6 Å². The third-order valence-corrected chi connectivity index (χ3v) is 8.06. The van der Waals surface area contributed by atoms with Crippen LogP contribution in [0.25, 0.3) is 5.69 Å². The molecule has 11 heteroatoms. The van der Waals surface area contributed by atoms with Crippen LogP contribution < -0.4 is 10.6 Å². The highest BCUT2D eigenvalue weighted by Gasteiger charge is 2.36. The van der Waals surface area contributed by atoms with Crippen molar-refractivity contribution in [2.45, 2.75) is 44.7 Å². The number of hydrogen-bond donors (Lipinski definition) is 2. The molecular formula is C30H36F2N6O3. The van der Waals surface area contributed by atoms with Crippen LogP contribution in [0.1, 0.15) is 48.5 Å². The van der Waals surface area contributed by atoms with Crippen LogP contribution in [0.2, 0.25) is 0 Å². The number of anilines is 1. The molecule has 218 valence electrons. The van der Waals surface area contributed by atoms with Gasteiger partial charge in [0.05, 0.1) is 30.1 Å². The second-order valence-electron chi connectivity index (χ2n) is 10.7.